The van der Waals surface area contributed by atoms with Gasteiger partial charge in [0.05, 0.1) is 11.7 Å². The molecule has 1 N–H and O–H groups in total. The topological polar surface area (TPSA) is 32.3 Å². The van der Waals surface area contributed by atoms with Crippen molar-refractivity contribution < 1.29 is 4.79 Å². The predicted molar refractivity (Wildman–Crippen MR) is 67.1 cm³/mol. The first-order chi connectivity index (χ1) is 7.50. The van der Waals surface area contributed by atoms with E-state index >= 15 is 0 Å². The number of hydrogen-bond acceptors (Lipinski definition) is 2. The van der Waals surface area contributed by atoms with Gasteiger partial charge in [-0.15, -0.1) is 0 Å². The fourth-order valence-electron chi connectivity index (χ4n) is 2.54. The van der Waals surface area contributed by atoms with E-state index in [1.54, 1.807) is 0 Å². The molecule has 3 nitrogen and oxygen atoms in total. The standard InChI is InChI=1S/C13H26N2O/c1-6-9-10(4)15-11(7-2)14-13(5,8-3)12(15)16/h10-11,14H,6-9H2,1-5H3. The molecule has 1 saturated heterocycles. The molecule has 0 aromatic heterocycles. The van der Waals surface area contributed by atoms with Crippen LogP contribution in [0.1, 0.15) is 60.3 Å². The number of carbonyl (C=O) groups is 1. The highest BCUT2D eigenvalue weighted by atomic mass is 16.2. The molecule has 0 bridgehead atoms. The molecule has 3 atom stereocenters. The molecule has 3 unspecified atom stereocenters. The van der Waals surface area contributed by atoms with Crippen LogP contribution in [-0.2, 0) is 4.79 Å². The van der Waals surface area contributed by atoms with Gasteiger partial charge < -0.3 is 4.90 Å². The van der Waals surface area contributed by atoms with Crippen LogP contribution in [0.15, 0.2) is 0 Å². The van der Waals surface area contributed by atoms with Crippen LogP contribution in [0, 0.1) is 0 Å². The van der Waals surface area contributed by atoms with Gasteiger partial charge in [0.1, 0.15) is 0 Å². The van der Waals surface area contributed by atoms with Gasteiger partial charge in [0.2, 0.25) is 5.91 Å². The lowest BCUT2D eigenvalue weighted by molar-refractivity contribution is -0.135. The molecule has 1 amide bonds. The van der Waals surface area contributed by atoms with Gasteiger partial charge in [0, 0.05) is 6.04 Å². The zero-order valence-corrected chi connectivity index (χ0v) is 11.3. The largest absolute Gasteiger partial charge is 0.323 e. The van der Waals surface area contributed by atoms with Crippen molar-refractivity contribution in [3.63, 3.8) is 0 Å². The lowest BCUT2D eigenvalue weighted by Gasteiger charge is -2.29. The average molecular weight is 226 g/mol. The van der Waals surface area contributed by atoms with Gasteiger partial charge in [-0.1, -0.05) is 27.2 Å². The molecule has 1 heterocycles. The summed E-state index contributed by atoms with van der Waals surface area (Å²) in [6.07, 6.45) is 4.28. The summed E-state index contributed by atoms with van der Waals surface area (Å²) >= 11 is 0. The number of nitrogens with one attached hydrogen (secondary N) is 1. The highest BCUT2D eigenvalue weighted by Crippen LogP contribution is 2.27. The van der Waals surface area contributed by atoms with E-state index in [2.05, 4.69) is 37.9 Å². The zero-order chi connectivity index (χ0) is 12.3. The Morgan fingerprint density at radius 1 is 1.44 bits per heavy atom. The lowest BCUT2D eigenvalue weighted by atomic mass is 9.99. The van der Waals surface area contributed by atoms with Gasteiger partial charge in [-0.05, 0) is 33.1 Å². The summed E-state index contributed by atoms with van der Waals surface area (Å²) in [5.41, 5.74) is -0.345. The summed E-state index contributed by atoms with van der Waals surface area (Å²) < 4.78 is 0. The van der Waals surface area contributed by atoms with Crippen molar-refractivity contribution in [3.8, 4) is 0 Å². The number of amides is 1. The van der Waals surface area contributed by atoms with Crippen LogP contribution in [0.5, 0.6) is 0 Å². The second kappa shape index (κ2) is 5.17. The van der Waals surface area contributed by atoms with Gasteiger partial charge >= 0.3 is 0 Å². The van der Waals surface area contributed by atoms with Crippen molar-refractivity contribution in [2.45, 2.75) is 78.0 Å². The van der Waals surface area contributed by atoms with Gasteiger partial charge in [-0.2, -0.15) is 0 Å². The molecule has 3 heteroatoms. The summed E-state index contributed by atoms with van der Waals surface area (Å²) in [5.74, 6) is 0.280. The third kappa shape index (κ3) is 2.24. The molecule has 16 heavy (non-hydrogen) atoms. The fourth-order valence-corrected chi connectivity index (χ4v) is 2.54. The van der Waals surface area contributed by atoms with E-state index in [0.29, 0.717) is 6.04 Å². The molecule has 1 fully saturated rings. The van der Waals surface area contributed by atoms with Crippen molar-refractivity contribution in [2.75, 3.05) is 0 Å². The van der Waals surface area contributed by atoms with Crippen LogP contribution in [0.2, 0.25) is 0 Å². The second-order valence-electron chi connectivity index (χ2n) is 5.10. The Kier molecular flexibility index (Phi) is 4.36. The van der Waals surface area contributed by atoms with Crippen molar-refractivity contribution >= 4 is 5.91 Å². The van der Waals surface area contributed by atoms with Crippen LogP contribution >= 0.6 is 0 Å². The van der Waals surface area contributed by atoms with Gasteiger partial charge in [0.25, 0.3) is 0 Å². The van der Waals surface area contributed by atoms with Crippen LogP contribution in [-0.4, -0.2) is 28.6 Å². The van der Waals surface area contributed by atoms with Gasteiger partial charge in [-0.25, -0.2) is 0 Å². The maximum Gasteiger partial charge on any atom is 0.244 e. The Hall–Kier alpha value is -0.570. The first-order valence-electron chi connectivity index (χ1n) is 6.60. The van der Waals surface area contributed by atoms with E-state index in [1.165, 1.54) is 0 Å². The van der Waals surface area contributed by atoms with Gasteiger partial charge in [0.15, 0.2) is 0 Å². The minimum absolute atomic E-state index is 0.221. The number of carbonyl (C=O) groups excluding carboxylic acids is 1. The van der Waals surface area contributed by atoms with Crippen molar-refractivity contribution in [1.29, 1.82) is 0 Å². The number of hydrogen-bond donors (Lipinski definition) is 1. The summed E-state index contributed by atoms with van der Waals surface area (Å²) in [5, 5.41) is 3.48. The quantitative estimate of drug-likeness (QED) is 0.781. The van der Waals surface area contributed by atoms with Crippen LogP contribution < -0.4 is 5.32 Å². The Balaban J connectivity index is 2.85. The molecule has 0 aromatic carbocycles. The molecule has 94 valence electrons. The summed E-state index contributed by atoms with van der Waals surface area (Å²) in [6, 6.07) is 0.350. The Morgan fingerprint density at radius 2 is 2.06 bits per heavy atom. The Bertz CT molecular complexity index is 254. The van der Waals surface area contributed by atoms with Crippen LogP contribution in [0.4, 0.5) is 0 Å². The molecule has 0 saturated carbocycles. The maximum atomic E-state index is 12.4. The predicted octanol–water partition coefficient (Wildman–Crippen LogP) is 2.51. The highest BCUT2D eigenvalue weighted by Gasteiger charge is 2.47. The van der Waals surface area contributed by atoms with E-state index in [0.717, 1.165) is 25.7 Å². The lowest BCUT2D eigenvalue weighted by Crippen LogP contribution is -2.44. The summed E-state index contributed by atoms with van der Waals surface area (Å²) in [4.78, 5) is 14.5. The molecule has 1 rings (SSSR count). The first-order valence-corrected chi connectivity index (χ1v) is 6.60. The van der Waals surface area contributed by atoms with Gasteiger partial charge in [-0.3, -0.25) is 10.1 Å². The zero-order valence-electron chi connectivity index (χ0n) is 11.3. The monoisotopic (exact) mass is 226 g/mol. The van der Waals surface area contributed by atoms with Crippen LogP contribution in [0.3, 0.4) is 0 Å². The molecule has 0 spiro atoms. The van der Waals surface area contributed by atoms with E-state index in [1.807, 2.05) is 6.92 Å². The van der Waals surface area contributed by atoms with Crippen LogP contribution in [0.25, 0.3) is 0 Å². The minimum atomic E-state index is -0.345. The molecular weight excluding hydrogens is 200 g/mol. The molecule has 1 aliphatic heterocycles. The van der Waals surface area contributed by atoms with E-state index in [-0.39, 0.29) is 17.6 Å². The first kappa shape index (κ1) is 13.5. The molecule has 0 radical (unpaired) electrons. The average Bonchev–Trinajstić information content (AvgIpc) is 2.52. The van der Waals surface area contributed by atoms with E-state index in [9.17, 15) is 4.79 Å². The highest BCUT2D eigenvalue weighted by molar-refractivity contribution is 5.88. The minimum Gasteiger partial charge on any atom is -0.323 e. The molecule has 1 aliphatic rings. The number of nitrogens with zero attached hydrogens (tertiary/aromatic N) is 1. The molecule has 0 aliphatic carbocycles. The summed E-state index contributed by atoms with van der Waals surface area (Å²) in [6.45, 7) is 10.6. The third-order valence-electron chi connectivity index (χ3n) is 3.80. The third-order valence-corrected chi connectivity index (χ3v) is 3.80. The number of rotatable bonds is 5. The van der Waals surface area contributed by atoms with Crippen molar-refractivity contribution in [3.05, 3.63) is 0 Å². The second-order valence-corrected chi connectivity index (χ2v) is 5.10. The van der Waals surface area contributed by atoms with Crippen molar-refractivity contribution in [1.82, 2.24) is 10.2 Å². The van der Waals surface area contributed by atoms with E-state index < -0.39 is 0 Å². The fraction of sp³-hybridized carbons (Fsp3) is 0.923. The summed E-state index contributed by atoms with van der Waals surface area (Å²) in [7, 11) is 0. The Labute approximate surface area is 99.6 Å². The van der Waals surface area contributed by atoms with Crippen molar-refractivity contribution in [2.24, 2.45) is 0 Å². The van der Waals surface area contributed by atoms with E-state index in [4.69, 9.17) is 0 Å². The molecule has 0 aromatic rings. The smallest absolute Gasteiger partial charge is 0.244 e. The Morgan fingerprint density at radius 3 is 2.50 bits per heavy atom. The normalized spacial score (nSPS) is 32.2. The maximum absolute atomic E-state index is 12.4. The SMILES string of the molecule is CCCC(C)N1C(=O)C(C)(CC)NC1CC. The molecular formula is C13H26N2O.